The van der Waals surface area contributed by atoms with Crippen LogP contribution in [0.4, 0.5) is 4.39 Å². The molecule has 129 heavy (non-hydrogen) atoms. The molecule has 26 rings (SSSR count). The molecule has 0 radical (unpaired) electrons. The van der Waals surface area contributed by atoms with Gasteiger partial charge in [0.15, 0.2) is 40.3 Å². The van der Waals surface area contributed by atoms with E-state index in [4.69, 9.17) is 70.1 Å². The monoisotopic (exact) mass is 1810 g/mol. The van der Waals surface area contributed by atoms with Crippen molar-refractivity contribution in [1.82, 2.24) is 73.0 Å². The van der Waals surface area contributed by atoms with Crippen LogP contribution in [-0.4, -0.2) is 73.0 Å². The molecule has 10 aromatic heterocycles. The van der Waals surface area contributed by atoms with Gasteiger partial charge in [0, 0.05) is 74.7 Å². The van der Waals surface area contributed by atoms with E-state index in [-0.39, 0.29) is 46.1 Å². The number of fused-ring (bicyclic) bond motifs is 16. The summed E-state index contributed by atoms with van der Waals surface area (Å²) in [6.07, 6.45) is 42.2. The van der Waals surface area contributed by atoms with Crippen molar-refractivity contribution in [2.75, 3.05) is 0 Å². The minimum Gasteiger partial charge on any atom is -0.453 e. The van der Waals surface area contributed by atoms with E-state index >= 15 is 0 Å². The lowest BCUT2D eigenvalue weighted by atomic mass is 9.54. The highest BCUT2D eigenvalue weighted by Gasteiger charge is 2.59. The van der Waals surface area contributed by atoms with Gasteiger partial charge in [-0.3, -0.25) is 22.0 Å². The number of nitrogens with zero attached hydrogens (tertiary/aromatic N) is 15. The van der Waals surface area contributed by atoms with Gasteiger partial charge in [0.25, 0.3) is 0 Å². The summed E-state index contributed by atoms with van der Waals surface area (Å²) in [7, 11) is 0. The molecule has 11 saturated carbocycles. The number of rotatable bonds is 15. The van der Waals surface area contributed by atoms with Gasteiger partial charge in [0.05, 0.1) is 15.1 Å². The van der Waals surface area contributed by atoms with Crippen molar-refractivity contribution in [1.29, 1.82) is 0 Å². The van der Waals surface area contributed by atoms with Gasteiger partial charge < -0.3 is 23.7 Å². The maximum Gasteiger partial charge on any atom is 0.204 e. The first-order valence-electron chi connectivity index (χ1n) is 45.6. The van der Waals surface area contributed by atoms with Gasteiger partial charge in [0.1, 0.15) is 52.1 Å². The van der Waals surface area contributed by atoms with E-state index < -0.39 is 0 Å². The lowest BCUT2D eigenvalue weighted by Gasteiger charge is -2.51. The Morgan fingerprint density at radius 2 is 0.550 bits per heavy atom. The van der Waals surface area contributed by atoms with E-state index in [0.29, 0.717) is 98.7 Å². The first-order chi connectivity index (χ1) is 61.7. The average Bonchev–Trinajstić information content (AvgIpc) is 1.55. The minimum atomic E-state index is -0.384. The van der Waals surface area contributed by atoms with Gasteiger partial charge in [-0.15, -0.1) is 51.0 Å². The van der Waals surface area contributed by atoms with Gasteiger partial charge >= 0.3 is 0 Å². The molecule has 0 aliphatic heterocycles. The molecule has 11 aliphatic carbocycles. The third-order valence-corrected chi connectivity index (χ3v) is 32.9. The Labute approximate surface area is 772 Å². The van der Waals surface area contributed by atoms with Crippen LogP contribution in [0.3, 0.4) is 0 Å². The highest BCUT2D eigenvalue weighted by molar-refractivity contribution is 6.32. The predicted octanol–water partition coefficient (Wildman–Crippen LogP) is 28.1. The smallest absolute Gasteiger partial charge is 0.204 e. The van der Waals surface area contributed by atoms with E-state index in [0.717, 1.165) is 68.7 Å². The lowest BCUT2D eigenvalue weighted by molar-refractivity contribution is 0.0501. The summed E-state index contributed by atoms with van der Waals surface area (Å²) in [4.78, 5) is 0. The summed E-state index contributed by atoms with van der Waals surface area (Å²) in [5.74, 6) is 11.3. The highest BCUT2D eigenvalue weighted by atomic mass is 35.5. The molecule has 10 heterocycles. The van der Waals surface area contributed by atoms with Crippen molar-refractivity contribution in [3.05, 3.63) is 267 Å². The molecule has 20 nitrogen and oxygen atoms in total. The maximum atomic E-state index is 13.9. The molecule has 0 amide bonds. The molecule has 15 aromatic rings. The number of aryl methyl sites for hydroxylation is 1. The van der Waals surface area contributed by atoms with Gasteiger partial charge in [0.2, 0.25) is 28.2 Å². The number of hydrogen-bond donors (Lipinski definition) is 0. The van der Waals surface area contributed by atoms with E-state index in [1.807, 2.05) is 168 Å². The third kappa shape index (κ3) is 15.7. The summed E-state index contributed by atoms with van der Waals surface area (Å²) in [6.45, 7) is 16.1. The Bertz CT molecular complexity index is 6360. The molecule has 666 valence electrons. The minimum absolute atomic E-state index is 0. The van der Waals surface area contributed by atoms with Crippen LogP contribution in [-0.2, 0) is 27.1 Å². The summed E-state index contributed by atoms with van der Waals surface area (Å²) < 4.78 is 54.6. The van der Waals surface area contributed by atoms with E-state index in [1.165, 1.54) is 173 Å². The van der Waals surface area contributed by atoms with Crippen LogP contribution in [0.1, 0.15) is 249 Å². The normalized spacial score (nSPS) is 27.4. The van der Waals surface area contributed by atoms with Crippen molar-refractivity contribution in [3.8, 4) is 57.5 Å². The quantitative estimate of drug-likeness (QED) is 0.0939. The van der Waals surface area contributed by atoms with Gasteiger partial charge in [-0.1, -0.05) is 149 Å². The lowest BCUT2D eigenvalue weighted by Crippen LogP contribution is -2.43. The molecule has 0 atom stereocenters. The fourth-order valence-corrected chi connectivity index (χ4v) is 24.9. The number of hydrogen-bond acceptors (Lipinski definition) is 15. The Balaban J connectivity index is 0.000000101. The van der Waals surface area contributed by atoms with Crippen LogP contribution in [0.5, 0.6) is 57.5 Å². The fraction of sp³-hybridized carbons (Fsp3) is 0.423. The maximum absolute atomic E-state index is 13.9. The standard InChI is InChI=1S/C21H21Cl2N3O.C21H22ClN3O.C21H23N3O.C20H20ClN3O.C20H20FN3O.CH4/c1-13-15(23)4-3-5-16(13)27-17-10-14(22)11-26-18(17)24-25-19(26)21-8-6-20(2,12-21)7-9-21;1-20-8-11-21(12-9-20,13-10-20)19-24-23-18-17(7-4-14-25(18)19)26-16-6-3-2-5-15(16)22;1-15-6-3-4-7-16(15)25-17-8-5-13-24-18(17)22-23-19(24)21-11-9-20(2,14-21)10-12-21;2*1-19-8-10-20(13-19,11-9-19)18-23-22-17-16(7-4-12-24(17)18)25-15-6-3-2-5-14(15)21;/h3-5,10-11H,6-9,12H2,1-2H3;2-7,14H,8-13H2,1H3;3-8,13H,9-12,14H2,1-2H3;2*2-7,12H,8-11,13H2,1H3;1H4. The average molecular weight is 1810 g/mol. The molecule has 0 saturated heterocycles. The largest absolute Gasteiger partial charge is 0.453 e. The first-order valence-corrected chi connectivity index (χ1v) is 47.1. The summed E-state index contributed by atoms with van der Waals surface area (Å²) in [6, 6.07) is 52.4. The van der Waals surface area contributed by atoms with Crippen LogP contribution in [0.15, 0.2) is 201 Å². The topological polar surface area (TPSA) is 197 Å². The Hall–Kier alpha value is -10.7. The molecule has 25 heteroatoms. The van der Waals surface area contributed by atoms with Crippen molar-refractivity contribution in [2.45, 2.75) is 250 Å². The zero-order valence-electron chi connectivity index (χ0n) is 73.6. The molecule has 0 N–H and O–H groups in total. The Morgan fingerprint density at radius 1 is 0.271 bits per heavy atom. The molecular formula is C104H110Cl4FN15O5. The van der Waals surface area contributed by atoms with Crippen LogP contribution >= 0.6 is 46.4 Å². The fourth-order valence-electron chi connectivity index (χ4n) is 24.2. The number of benzene rings is 5. The van der Waals surface area contributed by atoms with Crippen LogP contribution in [0.25, 0.3) is 28.2 Å². The zero-order chi connectivity index (χ0) is 87.8. The summed E-state index contributed by atoms with van der Waals surface area (Å²) in [5.41, 5.74) is 8.90. The third-order valence-electron chi connectivity index (χ3n) is 31.7. The zero-order valence-corrected chi connectivity index (χ0v) is 76.6. The van der Waals surface area contributed by atoms with Gasteiger partial charge in [-0.05, 0) is 317 Å². The van der Waals surface area contributed by atoms with E-state index in [1.54, 1.807) is 24.3 Å². The number of ether oxygens (including phenoxy) is 5. The number of aromatic nitrogens is 15. The van der Waals surface area contributed by atoms with E-state index in [9.17, 15) is 4.39 Å². The molecule has 11 aliphatic rings. The summed E-state index contributed by atoms with van der Waals surface area (Å²) >= 11 is 25.2. The number of pyridine rings is 5. The molecule has 0 unspecified atom stereocenters. The van der Waals surface area contributed by atoms with E-state index in [2.05, 4.69) is 124 Å². The number of para-hydroxylation sites is 4. The van der Waals surface area contributed by atoms with Crippen molar-refractivity contribution < 1.29 is 28.1 Å². The highest BCUT2D eigenvalue weighted by Crippen LogP contribution is 2.66. The summed E-state index contributed by atoms with van der Waals surface area (Å²) in [5, 5.41) is 47.8. The van der Waals surface area contributed by atoms with Gasteiger partial charge in [-0.25, -0.2) is 4.39 Å². The molecule has 10 bridgehead atoms. The number of halogens is 5. The molecule has 5 aromatic carbocycles. The second kappa shape index (κ2) is 33.0. The SMILES string of the molecule is C.CC12CCC(c3nnc4c(Oc5ccccc5Cl)cccn34)(CC1)C2.CC12CCC(c3nnc4c(Oc5ccccc5Cl)cccn34)(CC1)CC2.CC12CCC(c3nnc4c(Oc5ccccc5F)cccn34)(CC1)C2.Cc1c(Cl)cccc1Oc1cc(Cl)cn2c(C34CCC(C)(CC3)C4)nnc12.Cc1ccccc1Oc1cccn2c(C34CCC(C)(CC3)C4)nnc12. The van der Waals surface area contributed by atoms with Crippen LogP contribution in [0.2, 0.25) is 20.1 Å². The second-order valence-corrected chi connectivity index (χ2v) is 42.3. The van der Waals surface area contributed by atoms with Crippen molar-refractivity contribution in [2.24, 2.45) is 27.1 Å². The molecule has 0 spiro atoms. The van der Waals surface area contributed by atoms with Crippen LogP contribution < -0.4 is 23.7 Å². The van der Waals surface area contributed by atoms with Crippen molar-refractivity contribution in [3.63, 3.8) is 0 Å². The molecular weight excluding hydrogens is 1700 g/mol. The first kappa shape index (κ1) is 86.3. The predicted molar refractivity (Wildman–Crippen MR) is 503 cm³/mol. The second-order valence-electron chi connectivity index (χ2n) is 40.7. The van der Waals surface area contributed by atoms with Crippen LogP contribution in [0, 0.1) is 46.7 Å². The van der Waals surface area contributed by atoms with Gasteiger partial charge in [-0.2, -0.15) is 0 Å². The Morgan fingerprint density at radius 3 is 0.915 bits per heavy atom. The molecule has 11 fully saturated rings. The Kier molecular flexibility index (Phi) is 22.1. The van der Waals surface area contributed by atoms with Crippen molar-refractivity contribution >= 4 is 74.6 Å².